The summed E-state index contributed by atoms with van der Waals surface area (Å²) in [4.78, 5) is 23.4. The molecular formula is C18H18ClNO3. The van der Waals surface area contributed by atoms with E-state index in [1.165, 1.54) is 6.92 Å². The Balaban J connectivity index is 1.90. The molecule has 120 valence electrons. The van der Waals surface area contributed by atoms with Gasteiger partial charge in [-0.05, 0) is 49.2 Å². The van der Waals surface area contributed by atoms with Crippen LogP contribution in [0.1, 0.15) is 28.4 Å². The van der Waals surface area contributed by atoms with Gasteiger partial charge in [0.05, 0.1) is 5.56 Å². The maximum Gasteiger partial charge on any atom is 0.258 e. The summed E-state index contributed by atoms with van der Waals surface area (Å²) in [6.45, 7) is 3.62. The quantitative estimate of drug-likeness (QED) is 0.824. The Bertz CT molecular complexity index is 711. The molecule has 0 aliphatic carbocycles. The molecule has 2 rings (SSSR count). The summed E-state index contributed by atoms with van der Waals surface area (Å²) < 4.78 is 5.49. The molecule has 1 N–H and O–H groups in total. The first-order chi connectivity index (χ1) is 11.0. The van der Waals surface area contributed by atoms with E-state index < -0.39 is 0 Å². The smallest absolute Gasteiger partial charge is 0.258 e. The molecule has 0 unspecified atom stereocenters. The zero-order valence-corrected chi connectivity index (χ0v) is 13.8. The molecule has 0 aliphatic heterocycles. The molecule has 0 aliphatic rings. The second kappa shape index (κ2) is 7.79. The lowest BCUT2D eigenvalue weighted by Gasteiger charge is -2.11. The molecule has 1 amide bonds. The fourth-order valence-electron chi connectivity index (χ4n) is 2.04. The van der Waals surface area contributed by atoms with Gasteiger partial charge in [0.2, 0.25) is 0 Å². The van der Waals surface area contributed by atoms with Crippen molar-refractivity contribution in [2.24, 2.45) is 0 Å². The van der Waals surface area contributed by atoms with Gasteiger partial charge in [-0.25, -0.2) is 0 Å². The van der Waals surface area contributed by atoms with Crippen LogP contribution in [0.15, 0.2) is 42.5 Å². The van der Waals surface area contributed by atoms with Gasteiger partial charge in [-0.3, -0.25) is 9.59 Å². The zero-order valence-electron chi connectivity index (χ0n) is 13.1. The van der Waals surface area contributed by atoms with Crippen molar-refractivity contribution in [2.75, 3.05) is 6.61 Å². The summed E-state index contributed by atoms with van der Waals surface area (Å²) in [5.74, 6) is 0.0803. The van der Waals surface area contributed by atoms with Gasteiger partial charge in [0.1, 0.15) is 5.75 Å². The van der Waals surface area contributed by atoms with Crippen LogP contribution in [0.2, 0.25) is 5.02 Å². The van der Waals surface area contributed by atoms with Crippen LogP contribution >= 0.6 is 11.6 Å². The molecule has 0 saturated carbocycles. The van der Waals surface area contributed by atoms with Crippen LogP contribution in [0, 0.1) is 6.92 Å². The van der Waals surface area contributed by atoms with Crippen LogP contribution in [-0.2, 0) is 11.3 Å². The molecule has 2 aromatic rings. The van der Waals surface area contributed by atoms with Crippen LogP contribution in [0.25, 0.3) is 0 Å². The van der Waals surface area contributed by atoms with Crippen LogP contribution in [0.3, 0.4) is 0 Å². The predicted molar refractivity (Wildman–Crippen MR) is 90.0 cm³/mol. The Morgan fingerprint density at radius 1 is 1.13 bits per heavy atom. The molecular weight excluding hydrogens is 314 g/mol. The minimum Gasteiger partial charge on any atom is -0.483 e. The van der Waals surface area contributed by atoms with E-state index in [0.29, 0.717) is 22.9 Å². The van der Waals surface area contributed by atoms with E-state index in [0.717, 1.165) is 11.1 Å². The van der Waals surface area contributed by atoms with Gasteiger partial charge in [-0.1, -0.05) is 29.8 Å². The van der Waals surface area contributed by atoms with E-state index in [9.17, 15) is 9.59 Å². The highest BCUT2D eigenvalue weighted by Gasteiger charge is 2.10. The molecule has 0 radical (unpaired) electrons. The van der Waals surface area contributed by atoms with Crippen LogP contribution in [0.4, 0.5) is 0 Å². The van der Waals surface area contributed by atoms with Gasteiger partial charge in [-0.15, -0.1) is 0 Å². The number of nitrogens with one attached hydrogen (secondary N) is 1. The van der Waals surface area contributed by atoms with Crippen molar-refractivity contribution in [2.45, 2.75) is 20.4 Å². The zero-order chi connectivity index (χ0) is 16.8. The molecule has 5 heteroatoms. The Morgan fingerprint density at radius 2 is 1.83 bits per heavy atom. The number of ketones is 1. The minimum absolute atomic E-state index is 0.0958. The minimum atomic E-state index is -0.254. The third-order valence-electron chi connectivity index (χ3n) is 3.28. The van der Waals surface area contributed by atoms with Crippen molar-refractivity contribution in [3.8, 4) is 5.75 Å². The van der Waals surface area contributed by atoms with Gasteiger partial charge >= 0.3 is 0 Å². The largest absolute Gasteiger partial charge is 0.483 e. The third-order valence-corrected chi connectivity index (χ3v) is 3.53. The number of carbonyl (C=O) groups excluding carboxylic acids is 2. The summed E-state index contributed by atoms with van der Waals surface area (Å²) in [5.41, 5.74) is 2.38. The summed E-state index contributed by atoms with van der Waals surface area (Å²) >= 11 is 5.81. The third kappa shape index (κ3) is 5.11. The molecule has 0 spiro atoms. The number of carbonyl (C=O) groups is 2. The first-order valence-electron chi connectivity index (χ1n) is 7.21. The number of hydrogen-bond acceptors (Lipinski definition) is 3. The highest BCUT2D eigenvalue weighted by molar-refractivity contribution is 6.30. The normalized spacial score (nSPS) is 10.2. The summed E-state index contributed by atoms with van der Waals surface area (Å²) in [6, 6.07) is 12.5. The number of benzene rings is 2. The lowest BCUT2D eigenvalue weighted by Crippen LogP contribution is -2.28. The molecule has 0 atom stereocenters. The molecule has 0 aromatic heterocycles. The molecule has 23 heavy (non-hydrogen) atoms. The number of halogens is 1. The van der Waals surface area contributed by atoms with E-state index in [1.807, 2.05) is 25.1 Å². The van der Waals surface area contributed by atoms with Crippen molar-refractivity contribution in [3.63, 3.8) is 0 Å². The number of amides is 1. The average Bonchev–Trinajstić information content (AvgIpc) is 2.52. The summed E-state index contributed by atoms with van der Waals surface area (Å²) in [6.07, 6.45) is 0. The second-order valence-electron chi connectivity index (χ2n) is 5.25. The molecule has 4 nitrogen and oxygen atoms in total. The average molecular weight is 332 g/mol. The standard InChI is InChI=1S/C18H18ClNO3/c1-12-3-8-16(13(2)21)17(9-12)23-11-18(22)20-10-14-4-6-15(19)7-5-14/h3-9H,10-11H2,1-2H3,(H,20,22). The van der Waals surface area contributed by atoms with Gasteiger partial charge in [-0.2, -0.15) is 0 Å². The Labute approximate surface area is 140 Å². The topological polar surface area (TPSA) is 55.4 Å². The second-order valence-corrected chi connectivity index (χ2v) is 5.68. The van der Waals surface area contributed by atoms with Crippen molar-refractivity contribution in [1.82, 2.24) is 5.32 Å². The number of rotatable bonds is 6. The first-order valence-corrected chi connectivity index (χ1v) is 7.59. The van der Waals surface area contributed by atoms with E-state index in [-0.39, 0.29) is 18.3 Å². The fourth-order valence-corrected chi connectivity index (χ4v) is 2.16. The lowest BCUT2D eigenvalue weighted by atomic mass is 10.1. The van der Waals surface area contributed by atoms with Crippen molar-refractivity contribution in [3.05, 3.63) is 64.2 Å². The van der Waals surface area contributed by atoms with E-state index in [2.05, 4.69) is 5.32 Å². The molecule has 2 aromatic carbocycles. The highest BCUT2D eigenvalue weighted by atomic mass is 35.5. The van der Waals surface area contributed by atoms with Crippen molar-refractivity contribution >= 4 is 23.3 Å². The van der Waals surface area contributed by atoms with E-state index >= 15 is 0 Å². The molecule has 0 saturated heterocycles. The van der Waals surface area contributed by atoms with Crippen molar-refractivity contribution < 1.29 is 14.3 Å². The van der Waals surface area contributed by atoms with Gasteiger partial charge in [0.25, 0.3) is 5.91 Å². The van der Waals surface area contributed by atoms with Crippen LogP contribution in [-0.4, -0.2) is 18.3 Å². The van der Waals surface area contributed by atoms with Gasteiger partial charge in [0, 0.05) is 11.6 Å². The van der Waals surface area contributed by atoms with Crippen LogP contribution in [0.5, 0.6) is 5.75 Å². The summed E-state index contributed by atoms with van der Waals surface area (Å²) in [5, 5.41) is 3.41. The number of ether oxygens (including phenoxy) is 1. The predicted octanol–water partition coefficient (Wildman–Crippen LogP) is 3.55. The maximum absolute atomic E-state index is 11.9. The summed E-state index contributed by atoms with van der Waals surface area (Å²) in [7, 11) is 0. The van der Waals surface area contributed by atoms with E-state index in [4.69, 9.17) is 16.3 Å². The van der Waals surface area contributed by atoms with Gasteiger partial charge in [0.15, 0.2) is 12.4 Å². The Hall–Kier alpha value is -2.33. The van der Waals surface area contributed by atoms with E-state index in [1.54, 1.807) is 24.3 Å². The number of Topliss-reactive ketones (excluding diaryl/α,β-unsaturated/α-hetero) is 1. The monoisotopic (exact) mass is 331 g/mol. The SMILES string of the molecule is CC(=O)c1ccc(C)cc1OCC(=O)NCc1ccc(Cl)cc1. The number of aryl methyl sites for hydroxylation is 1. The Kier molecular flexibility index (Phi) is 5.77. The maximum atomic E-state index is 11.9. The molecule has 0 fully saturated rings. The fraction of sp³-hybridized carbons (Fsp3) is 0.222. The molecule has 0 bridgehead atoms. The van der Waals surface area contributed by atoms with Crippen LogP contribution < -0.4 is 10.1 Å². The Morgan fingerprint density at radius 3 is 2.48 bits per heavy atom. The van der Waals surface area contributed by atoms with Crippen molar-refractivity contribution in [1.29, 1.82) is 0 Å². The van der Waals surface area contributed by atoms with Gasteiger partial charge < -0.3 is 10.1 Å². The molecule has 0 heterocycles. The first kappa shape index (κ1) is 17.0. The number of hydrogen-bond donors (Lipinski definition) is 1. The highest BCUT2D eigenvalue weighted by Crippen LogP contribution is 2.20. The lowest BCUT2D eigenvalue weighted by molar-refractivity contribution is -0.123.